The zero-order valence-electron chi connectivity index (χ0n) is 14.0. The normalized spacial score (nSPS) is 18.2. The number of nitrogens with one attached hydrogen (secondary N) is 1. The molecule has 2 aromatic heterocycles. The van der Waals surface area contributed by atoms with Crippen molar-refractivity contribution in [1.82, 2.24) is 24.6 Å². The smallest absolute Gasteiger partial charge is 0.165 e. The highest BCUT2D eigenvalue weighted by Crippen LogP contribution is 2.31. The van der Waals surface area contributed by atoms with Crippen LogP contribution in [0, 0.1) is 0 Å². The van der Waals surface area contributed by atoms with Crippen molar-refractivity contribution in [3.8, 4) is 23.0 Å². The van der Waals surface area contributed by atoms with E-state index in [1.165, 1.54) is 11.3 Å². The standard InChI is InChI=1S/C18H19N5O.ClH/c1-12-8-13-9-14(2-3-17(13)24-12)22-6-5-20-18(22)16-10-15-11-19-4-7-23(15)21-16;/h2-3,5-6,9-10,12,19H,4,7-8,11H2,1H3;1H. The molecule has 1 unspecified atom stereocenters. The minimum Gasteiger partial charge on any atom is -0.490 e. The summed E-state index contributed by atoms with van der Waals surface area (Å²) in [6.45, 7) is 4.84. The van der Waals surface area contributed by atoms with Gasteiger partial charge in [-0.15, -0.1) is 12.4 Å². The molecule has 130 valence electrons. The van der Waals surface area contributed by atoms with E-state index in [4.69, 9.17) is 9.84 Å². The van der Waals surface area contributed by atoms with Gasteiger partial charge < -0.3 is 10.1 Å². The summed E-state index contributed by atoms with van der Waals surface area (Å²) >= 11 is 0. The molecule has 6 nitrogen and oxygen atoms in total. The second-order valence-electron chi connectivity index (χ2n) is 6.47. The van der Waals surface area contributed by atoms with Crippen LogP contribution in [0.1, 0.15) is 18.2 Å². The minimum atomic E-state index is 0. The molecule has 5 rings (SSSR count). The van der Waals surface area contributed by atoms with Gasteiger partial charge in [0.1, 0.15) is 17.5 Å². The molecule has 1 aromatic carbocycles. The van der Waals surface area contributed by atoms with Gasteiger partial charge in [0, 0.05) is 37.6 Å². The van der Waals surface area contributed by atoms with Crippen LogP contribution in [0.4, 0.5) is 0 Å². The highest BCUT2D eigenvalue weighted by atomic mass is 35.5. The predicted molar refractivity (Wildman–Crippen MR) is 97.5 cm³/mol. The van der Waals surface area contributed by atoms with E-state index < -0.39 is 0 Å². The van der Waals surface area contributed by atoms with Crippen molar-refractivity contribution in [2.24, 2.45) is 0 Å². The van der Waals surface area contributed by atoms with E-state index >= 15 is 0 Å². The Bertz CT molecular complexity index is 893. The molecule has 1 N–H and O–H groups in total. The van der Waals surface area contributed by atoms with Crippen LogP contribution in [-0.2, 0) is 19.5 Å². The SMILES string of the molecule is CC1Cc2cc(-n3ccnc3-c3cc4n(n3)CCNC4)ccc2O1.Cl. The molecule has 0 bridgehead atoms. The molecule has 2 aliphatic heterocycles. The Labute approximate surface area is 152 Å². The van der Waals surface area contributed by atoms with Crippen molar-refractivity contribution >= 4 is 12.4 Å². The summed E-state index contributed by atoms with van der Waals surface area (Å²) in [5.74, 6) is 1.88. The quantitative estimate of drug-likeness (QED) is 0.766. The Morgan fingerprint density at radius 1 is 1.28 bits per heavy atom. The summed E-state index contributed by atoms with van der Waals surface area (Å²) in [5.41, 5.74) is 4.49. The molecule has 25 heavy (non-hydrogen) atoms. The molecule has 0 radical (unpaired) electrons. The number of nitrogens with zero attached hydrogens (tertiary/aromatic N) is 4. The molecule has 2 aliphatic rings. The van der Waals surface area contributed by atoms with Gasteiger partial charge in [-0.1, -0.05) is 0 Å². The maximum atomic E-state index is 5.80. The van der Waals surface area contributed by atoms with Gasteiger partial charge in [-0.05, 0) is 36.8 Å². The fourth-order valence-electron chi connectivity index (χ4n) is 3.56. The van der Waals surface area contributed by atoms with Crippen LogP contribution < -0.4 is 10.1 Å². The second-order valence-corrected chi connectivity index (χ2v) is 6.47. The number of benzene rings is 1. The number of aromatic nitrogens is 4. The third kappa shape index (κ3) is 2.71. The van der Waals surface area contributed by atoms with Crippen molar-refractivity contribution in [2.45, 2.75) is 32.5 Å². The van der Waals surface area contributed by atoms with Gasteiger partial charge in [-0.3, -0.25) is 9.25 Å². The summed E-state index contributed by atoms with van der Waals surface area (Å²) in [7, 11) is 0. The fourth-order valence-corrected chi connectivity index (χ4v) is 3.56. The maximum Gasteiger partial charge on any atom is 0.165 e. The number of hydrogen-bond donors (Lipinski definition) is 1. The van der Waals surface area contributed by atoms with Gasteiger partial charge in [0.05, 0.1) is 12.2 Å². The zero-order chi connectivity index (χ0) is 16.1. The Kier molecular flexibility index (Phi) is 4.01. The second kappa shape index (κ2) is 6.20. The number of imidazole rings is 1. The van der Waals surface area contributed by atoms with Crippen molar-refractivity contribution < 1.29 is 4.74 Å². The number of hydrogen-bond acceptors (Lipinski definition) is 4. The van der Waals surface area contributed by atoms with E-state index in [1.807, 2.05) is 12.4 Å². The molecule has 0 spiro atoms. The molecule has 0 saturated carbocycles. The maximum absolute atomic E-state index is 5.80. The van der Waals surface area contributed by atoms with Crippen molar-refractivity contribution in [1.29, 1.82) is 0 Å². The molecule has 0 amide bonds. The first-order valence-electron chi connectivity index (χ1n) is 8.39. The lowest BCUT2D eigenvalue weighted by molar-refractivity contribution is 0.254. The van der Waals surface area contributed by atoms with E-state index in [0.717, 1.165) is 49.0 Å². The molecule has 1 atom stereocenters. The third-order valence-corrected chi connectivity index (χ3v) is 4.70. The van der Waals surface area contributed by atoms with Crippen LogP contribution in [0.3, 0.4) is 0 Å². The van der Waals surface area contributed by atoms with Crippen LogP contribution >= 0.6 is 12.4 Å². The first-order chi connectivity index (χ1) is 11.8. The van der Waals surface area contributed by atoms with E-state index in [9.17, 15) is 0 Å². The van der Waals surface area contributed by atoms with Gasteiger partial charge in [-0.2, -0.15) is 5.10 Å². The fraction of sp³-hybridized carbons (Fsp3) is 0.333. The van der Waals surface area contributed by atoms with Gasteiger partial charge in [0.2, 0.25) is 0 Å². The predicted octanol–water partition coefficient (Wildman–Crippen LogP) is 2.58. The topological polar surface area (TPSA) is 56.9 Å². The van der Waals surface area contributed by atoms with Crippen molar-refractivity contribution in [3.63, 3.8) is 0 Å². The molecular weight excluding hydrogens is 338 g/mol. The summed E-state index contributed by atoms with van der Waals surface area (Å²) in [6.07, 6.45) is 5.04. The lowest BCUT2D eigenvalue weighted by Gasteiger charge is -2.13. The highest BCUT2D eigenvalue weighted by molar-refractivity contribution is 5.85. The van der Waals surface area contributed by atoms with Gasteiger partial charge >= 0.3 is 0 Å². The average molecular weight is 358 g/mol. The molecule has 0 saturated heterocycles. The monoisotopic (exact) mass is 357 g/mol. The molecular formula is C18H20ClN5O. The van der Waals surface area contributed by atoms with Crippen LogP contribution in [0.2, 0.25) is 0 Å². The number of halogens is 1. The van der Waals surface area contributed by atoms with Crippen molar-refractivity contribution in [2.75, 3.05) is 6.54 Å². The van der Waals surface area contributed by atoms with Crippen LogP contribution in [0.25, 0.3) is 17.2 Å². The van der Waals surface area contributed by atoms with Gasteiger partial charge in [0.25, 0.3) is 0 Å². The van der Waals surface area contributed by atoms with Crippen molar-refractivity contribution in [3.05, 3.63) is 47.9 Å². The van der Waals surface area contributed by atoms with E-state index in [0.29, 0.717) is 0 Å². The van der Waals surface area contributed by atoms with E-state index in [-0.39, 0.29) is 18.5 Å². The Morgan fingerprint density at radius 2 is 2.20 bits per heavy atom. The molecule has 4 heterocycles. The molecule has 0 fully saturated rings. The van der Waals surface area contributed by atoms with E-state index in [2.05, 4.69) is 50.7 Å². The van der Waals surface area contributed by atoms with Gasteiger partial charge in [-0.25, -0.2) is 4.98 Å². The number of rotatable bonds is 2. The van der Waals surface area contributed by atoms with Crippen LogP contribution in [0.15, 0.2) is 36.7 Å². The Hall–Kier alpha value is -2.31. The average Bonchev–Trinajstić information content (AvgIpc) is 3.29. The first kappa shape index (κ1) is 16.2. The third-order valence-electron chi connectivity index (χ3n) is 4.70. The first-order valence-corrected chi connectivity index (χ1v) is 8.39. The Morgan fingerprint density at radius 3 is 3.08 bits per heavy atom. The minimum absolute atomic E-state index is 0. The van der Waals surface area contributed by atoms with Crippen LogP contribution in [-0.4, -0.2) is 32.0 Å². The molecule has 3 aromatic rings. The lowest BCUT2D eigenvalue weighted by atomic mass is 10.1. The summed E-state index contributed by atoms with van der Waals surface area (Å²) < 4.78 is 9.98. The highest BCUT2D eigenvalue weighted by Gasteiger charge is 2.21. The Balaban J connectivity index is 0.00000157. The largest absolute Gasteiger partial charge is 0.490 e. The number of ether oxygens (including phenoxy) is 1. The summed E-state index contributed by atoms with van der Waals surface area (Å²) in [4.78, 5) is 4.55. The van der Waals surface area contributed by atoms with Gasteiger partial charge in [0.15, 0.2) is 5.82 Å². The molecule has 0 aliphatic carbocycles. The zero-order valence-corrected chi connectivity index (χ0v) is 14.8. The lowest BCUT2D eigenvalue weighted by Crippen LogP contribution is -2.28. The summed E-state index contributed by atoms with van der Waals surface area (Å²) in [6, 6.07) is 8.46. The van der Waals surface area contributed by atoms with Crippen LogP contribution in [0.5, 0.6) is 5.75 Å². The molecule has 7 heteroatoms. The van der Waals surface area contributed by atoms with E-state index in [1.54, 1.807) is 0 Å². The number of fused-ring (bicyclic) bond motifs is 2. The summed E-state index contributed by atoms with van der Waals surface area (Å²) in [5, 5.41) is 8.11.